The van der Waals surface area contributed by atoms with Gasteiger partial charge in [-0.25, -0.2) is 0 Å². The fourth-order valence-corrected chi connectivity index (χ4v) is 5.21. The Bertz CT molecular complexity index is 1070. The fourth-order valence-electron chi connectivity index (χ4n) is 5.21. The van der Waals surface area contributed by atoms with Crippen molar-refractivity contribution in [1.29, 1.82) is 5.26 Å². The number of carbonyl (C=O) groups excluding carboxylic acids is 1. The molecule has 1 saturated heterocycles. The number of piperidine rings is 1. The molecule has 0 spiro atoms. The molecular formula is C30H35BiN2O2. The van der Waals surface area contributed by atoms with E-state index in [1.165, 1.54) is 0 Å². The van der Waals surface area contributed by atoms with Crippen molar-refractivity contribution >= 4 is 32.2 Å². The number of nitrogens with zero attached hydrogens (tertiary/aromatic N) is 2. The SMILES string of the molecule is CCOC(=O)C1(c2ccccc2)CCN(CCC(C#N)(c2ccccc2)c2ccccc2)CC1.[BiH3]. The van der Waals surface area contributed by atoms with Crippen LogP contribution in [0.3, 0.4) is 0 Å². The zero-order chi connectivity index (χ0) is 23.9. The van der Waals surface area contributed by atoms with E-state index in [0.717, 1.165) is 36.3 Å². The van der Waals surface area contributed by atoms with Gasteiger partial charge < -0.3 is 9.64 Å². The van der Waals surface area contributed by atoms with Gasteiger partial charge in [0.05, 0.1) is 18.1 Å². The van der Waals surface area contributed by atoms with Crippen LogP contribution in [0.1, 0.15) is 42.9 Å². The number of benzene rings is 3. The summed E-state index contributed by atoms with van der Waals surface area (Å²) in [6.45, 7) is 4.61. The van der Waals surface area contributed by atoms with Gasteiger partial charge in [-0.1, -0.05) is 91.0 Å². The number of rotatable bonds is 8. The third-order valence-electron chi connectivity index (χ3n) is 7.23. The van der Waals surface area contributed by atoms with Crippen molar-refractivity contribution < 1.29 is 9.53 Å². The molecule has 182 valence electrons. The van der Waals surface area contributed by atoms with Crippen LogP contribution in [0.2, 0.25) is 0 Å². The van der Waals surface area contributed by atoms with Crippen LogP contribution >= 0.6 is 0 Å². The number of hydrogen-bond donors (Lipinski definition) is 0. The number of likely N-dealkylation sites (tertiary alicyclic amines) is 1. The van der Waals surface area contributed by atoms with Crippen LogP contribution in [0.25, 0.3) is 0 Å². The van der Waals surface area contributed by atoms with Gasteiger partial charge in [-0.15, -0.1) is 0 Å². The molecule has 4 nitrogen and oxygen atoms in total. The molecule has 1 fully saturated rings. The van der Waals surface area contributed by atoms with E-state index in [0.29, 0.717) is 25.9 Å². The molecule has 0 radical (unpaired) electrons. The summed E-state index contributed by atoms with van der Waals surface area (Å²) in [4.78, 5) is 15.5. The molecule has 0 unspecified atom stereocenters. The monoisotopic (exact) mass is 664 g/mol. The first-order valence-corrected chi connectivity index (χ1v) is 12.1. The van der Waals surface area contributed by atoms with Crippen molar-refractivity contribution in [2.24, 2.45) is 0 Å². The number of carbonyl (C=O) groups is 1. The van der Waals surface area contributed by atoms with E-state index < -0.39 is 10.8 Å². The zero-order valence-corrected chi connectivity index (χ0v) is 26.0. The Morgan fingerprint density at radius 3 is 1.86 bits per heavy atom. The van der Waals surface area contributed by atoms with E-state index in [-0.39, 0.29) is 32.2 Å². The predicted molar refractivity (Wildman–Crippen MR) is 144 cm³/mol. The van der Waals surface area contributed by atoms with Gasteiger partial charge in [0.1, 0.15) is 5.41 Å². The van der Waals surface area contributed by atoms with Gasteiger partial charge in [-0.2, -0.15) is 5.26 Å². The van der Waals surface area contributed by atoms with Crippen LogP contribution in [0.5, 0.6) is 0 Å². The van der Waals surface area contributed by atoms with Crippen LogP contribution in [-0.4, -0.2) is 63.3 Å². The van der Waals surface area contributed by atoms with Crippen molar-refractivity contribution in [2.45, 2.75) is 37.0 Å². The van der Waals surface area contributed by atoms with E-state index in [1.807, 2.05) is 97.9 Å². The Labute approximate surface area is 228 Å². The molecule has 0 amide bonds. The van der Waals surface area contributed by atoms with Gasteiger partial charge in [0, 0.05) is 6.54 Å². The Kier molecular flexibility index (Phi) is 9.61. The van der Waals surface area contributed by atoms with E-state index in [2.05, 4.69) is 11.0 Å². The normalized spacial score (nSPS) is 15.4. The van der Waals surface area contributed by atoms with Gasteiger partial charge in [-0.3, -0.25) is 4.79 Å². The van der Waals surface area contributed by atoms with Crippen molar-refractivity contribution in [3.05, 3.63) is 108 Å². The standard InChI is InChI=1S/C30H32N2O2.Bi.3H/c1-2-34-28(33)29(25-12-6-3-7-13-25)18-21-32(22-19-29)23-20-30(24-31,26-14-8-4-9-15-26)27-16-10-5-11-17-27;;;;/h3-17H,2,18-23H2,1H3;;;;. The second-order valence-electron chi connectivity index (χ2n) is 9.01. The summed E-state index contributed by atoms with van der Waals surface area (Å²) in [6.07, 6.45) is 2.12. The van der Waals surface area contributed by atoms with Gasteiger partial charge in [0.2, 0.25) is 0 Å². The molecule has 1 heterocycles. The molecule has 5 heteroatoms. The average Bonchev–Trinajstić information content (AvgIpc) is 2.91. The van der Waals surface area contributed by atoms with Crippen LogP contribution in [0.15, 0.2) is 91.0 Å². The molecule has 1 aliphatic rings. The third-order valence-corrected chi connectivity index (χ3v) is 7.23. The Balaban J connectivity index is 0.00000342. The van der Waals surface area contributed by atoms with Crippen molar-refractivity contribution in [2.75, 3.05) is 26.2 Å². The van der Waals surface area contributed by atoms with Crippen molar-refractivity contribution in [3.63, 3.8) is 0 Å². The number of hydrogen-bond acceptors (Lipinski definition) is 4. The quantitative estimate of drug-likeness (QED) is 0.267. The second kappa shape index (κ2) is 12.4. The molecule has 4 rings (SSSR count). The minimum absolute atomic E-state index is 0. The average molecular weight is 665 g/mol. The number of esters is 1. The molecule has 0 aliphatic carbocycles. The molecule has 1 aliphatic heterocycles. The van der Waals surface area contributed by atoms with Gasteiger partial charge in [0.25, 0.3) is 0 Å². The topological polar surface area (TPSA) is 53.3 Å². The van der Waals surface area contributed by atoms with E-state index in [1.54, 1.807) is 0 Å². The molecular weight excluding hydrogens is 629 g/mol. The molecule has 0 aromatic heterocycles. The maximum atomic E-state index is 13.1. The predicted octanol–water partition coefficient (Wildman–Crippen LogP) is 4.30. The Hall–Kier alpha value is -2.54. The molecule has 0 saturated carbocycles. The second-order valence-corrected chi connectivity index (χ2v) is 9.01. The maximum absolute atomic E-state index is 13.1. The molecule has 35 heavy (non-hydrogen) atoms. The zero-order valence-electron chi connectivity index (χ0n) is 20.5. The van der Waals surface area contributed by atoms with Gasteiger partial charge >= 0.3 is 32.2 Å². The summed E-state index contributed by atoms with van der Waals surface area (Å²) >= 11 is 0. The molecule has 0 atom stereocenters. The summed E-state index contributed by atoms with van der Waals surface area (Å²) in [5, 5.41) is 10.4. The molecule has 0 N–H and O–H groups in total. The van der Waals surface area contributed by atoms with E-state index in [4.69, 9.17) is 4.74 Å². The summed E-state index contributed by atoms with van der Waals surface area (Å²) in [5.41, 5.74) is 1.76. The van der Waals surface area contributed by atoms with E-state index in [9.17, 15) is 10.1 Å². The molecule has 3 aromatic rings. The van der Waals surface area contributed by atoms with Crippen LogP contribution < -0.4 is 0 Å². The molecule has 0 bridgehead atoms. The van der Waals surface area contributed by atoms with E-state index >= 15 is 0 Å². The van der Waals surface area contributed by atoms with Crippen LogP contribution in [0.4, 0.5) is 0 Å². The van der Waals surface area contributed by atoms with Gasteiger partial charge in [0.15, 0.2) is 0 Å². The number of ether oxygens (including phenoxy) is 1. The van der Waals surface area contributed by atoms with Crippen LogP contribution in [-0.2, 0) is 20.4 Å². The number of nitriles is 1. The van der Waals surface area contributed by atoms with Crippen molar-refractivity contribution in [3.8, 4) is 6.07 Å². The Morgan fingerprint density at radius 1 is 0.914 bits per heavy atom. The summed E-state index contributed by atoms with van der Waals surface area (Å²) < 4.78 is 5.52. The van der Waals surface area contributed by atoms with Gasteiger partial charge in [-0.05, 0) is 56.0 Å². The van der Waals surface area contributed by atoms with Crippen molar-refractivity contribution in [1.82, 2.24) is 4.90 Å². The summed E-state index contributed by atoms with van der Waals surface area (Å²) in [6, 6.07) is 32.9. The first-order valence-electron chi connectivity index (χ1n) is 12.1. The van der Waals surface area contributed by atoms with Crippen LogP contribution in [0, 0.1) is 11.3 Å². The first-order chi connectivity index (χ1) is 16.6. The Morgan fingerprint density at radius 2 is 1.40 bits per heavy atom. The fraction of sp³-hybridized carbons (Fsp3) is 0.333. The third kappa shape index (κ3) is 5.66. The first kappa shape index (κ1) is 27.1. The summed E-state index contributed by atoms with van der Waals surface area (Å²) in [5.74, 6) is -0.124. The minimum atomic E-state index is -0.711. The molecule has 3 aromatic carbocycles. The summed E-state index contributed by atoms with van der Waals surface area (Å²) in [7, 11) is 0.